The summed E-state index contributed by atoms with van der Waals surface area (Å²) in [6.45, 7) is 4.98. The van der Waals surface area contributed by atoms with E-state index in [1.54, 1.807) is 12.1 Å². The van der Waals surface area contributed by atoms with Crippen molar-refractivity contribution in [2.24, 2.45) is 0 Å². The van der Waals surface area contributed by atoms with Crippen molar-refractivity contribution in [3.63, 3.8) is 0 Å². The Morgan fingerprint density at radius 3 is 2.50 bits per heavy atom. The summed E-state index contributed by atoms with van der Waals surface area (Å²) >= 11 is 11.7. The lowest BCUT2D eigenvalue weighted by molar-refractivity contribution is 0.472. The maximum absolute atomic E-state index is 11.6. The van der Waals surface area contributed by atoms with E-state index < -0.39 is 7.37 Å². The summed E-state index contributed by atoms with van der Waals surface area (Å²) in [6, 6.07) is 5.49. The Kier molecular flexibility index (Phi) is 4.49. The van der Waals surface area contributed by atoms with Crippen molar-refractivity contribution >= 4 is 36.3 Å². The highest BCUT2D eigenvalue weighted by Crippen LogP contribution is 2.44. The van der Waals surface area contributed by atoms with Crippen molar-refractivity contribution in [2.75, 3.05) is 13.3 Å². The first kappa shape index (κ1) is 13.6. The van der Waals surface area contributed by atoms with E-state index in [9.17, 15) is 4.57 Å². The minimum absolute atomic E-state index is 0.333. The molecule has 0 saturated heterocycles. The third kappa shape index (κ3) is 3.86. The average Bonchev–Trinajstić information content (AvgIpc) is 2.13. The maximum atomic E-state index is 11.6. The molecule has 0 fully saturated rings. The van der Waals surface area contributed by atoms with Gasteiger partial charge in [0.05, 0.1) is 5.02 Å². The van der Waals surface area contributed by atoms with Crippen molar-refractivity contribution in [1.29, 1.82) is 0 Å². The molecule has 2 nitrogen and oxygen atoms in total. The molecule has 1 aromatic rings. The molecule has 0 amide bonds. The van der Waals surface area contributed by atoms with Crippen LogP contribution in [0.4, 0.5) is 0 Å². The van der Waals surface area contributed by atoms with Gasteiger partial charge in [0.15, 0.2) is 0 Å². The molecule has 16 heavy (non-hydrogen) atoms. The summed E-state index contributed by atoms with van der Waals surface area (Å²) in [5.41, 5.74) is 2.93. The number of hydrogen-bond donors (Lipinski definition) is 0. The van der Waals surface area contributed by atoms with E-state index >= 15 is 0 Å². The van der Waals surface area contributed by atoms with Crippen molar-refractivity contribution in [2.45, 2.75) is 6.92 Å². The quantitative estimate of drug-likeness (QED) is 0.590. The molecule has 0 aliphatic rings. The zero-order chi connectivity index (χ0) is 12.3. The van der Waals surface area contributed by atoms with Crippen LogP contribution in [0, 0.1) is 6.92 Å². The van der Waals surface area contributed by atoms with Crippen molar-refractivity contribution in [3.8, 4) is 0 Å². The van der Waals surface area contributed by atoms with Gasteiger partial charge >= 0.3 is 0 Å². The number of rotatable bonds is 3. The van der Waals surface area contributed by atoms with E-state index in [4.69, 9.17) is 27.7 Å². The fourth-order valence-corrected chi connectivity index (χ4v) is 2.36. The van der Waals surface area contributed by atoms with Crippen LogP contribution in [0.2, 0.25) is 5.02 Å². The summed E-state index contributed by atoms with van der Waals surface area (Å²) in [5, 5.41) is 0.528. The standard InChI is InChI=1S/C11H13Cl2O2P/c1-8-4-5-9(10(13)6-8)11(7-12)15-16(2,3)14/h4-7H,1-3H3. The Morgan fingerprint density at radius 1 is 1.44 bits per heavy atom. The molecule has 0 aromatic heterocycles. The molecule has 0 radical (unpaired) electrons. The van der Waals surface area contributed by atoms with Crippen LogP contribution in [0.15, 0.2) is 23.7 Å². The fourth-order valence-electron chi connectivity index (χ4n) is 1.18. The van der Waals surface area contributed by atoms with E-state index in [0.717, 1.165) is 5.56 Å². The summed E-state index contributed by atoms with van der Waals surface area (Å²) < 4.78 is 16.9. The van der Waals surface area contributed by atoms with Gasteiger partial charge in [0.2, 0.25) is 7.37 Å². The summed E-state index contributed by atoms with van der Waals surface area (Å²) in [7, 11) is -2.65. The van der Waals surface area contributed by atoms with Gasteiger partial charge in [-0.05, 0) is 24.6 Å². The number of aryl methyl sites for hydroxylation is 1. The molecule has 1 rings (SSSR count). The smallest absolute Gasteiger partial charge is 0.242 e. The molecule has 1 aromatic carbocycles. The normalized spacial score (nSPS) is 12.7. The summed E-state index contributed by atoms with van der Waals surface area (Å²) in [6.07, 6.45) is 0. The molecule has 5 heteroatoms. The van der Waals surface area contributed by atoms with Gasteiger partial charge in [-0.25, -0.2) is 0 Å². The molecule has 0 bridgehead atoms. The molecule has 0 unspecified atom stereocenters. The van der Waals surface area contributed by atoms with E-state index in [0.29, 0.717) is 16.3 Å². The fraction of sp³-hybridized carbons (Fsp3) is 0.273. The van der Waals surface area contributed by atoms with Crippen LogP contribution in [0.3, 0.4) is 0 Å². The van der Waals surface area contributed by atoms with Crippen LogP contribution in [-0.4, -0.2) is 13.3 Å². The third-order valence-corrected chi connectivity index (χ3v) is 2.95. The van der Waals surface area contributed by atoms with E-state index in [2.05, 4.69) is 0 Å². The Bertz CT molecular complexity index is 463. The van der Waals surface area contributed by atoms with Crippen molar-refractivity contribution < 1.29 is 9.09 Å². The lowest BCUT2D eigenvalue weighted by Crippen LogP contribution is -1.91. The van der Waals surface area contributed by atoms with Gasteiger partial charge in [-0.3, -0.25) is 4.57 Å². The molecule has 0 saturated carbocycles. The molecule has 0 heterocycles. The van der Waals surface area contributed by atoms with E-state index in [1.807, 2.05) is 13.0 Å². The second-order valence-electron chi connectivity index (χ2n) is 3.80. The Balaban J connectivity index is 3.11. The Hall–Kier alpha value is -0.430. The van der Waals surface area contributed by atoms with Gasteiger partial charge in [-0.1, -0.05) is 29.3 Å². The van der Waals surface area contributed by atoms with Gasteiger partial charge < -0.3 is 4.52 Å². The molecule has 0 aliphatic carbocycles. The molecule has 0 atom stereocenters. The van der Waals surface area contributed by atoms with Gasteiger partial charge in [0, 0.05) is 24.4 Å². The zero-order valence-electron chi connectivity index (χ0n) is 9.33. The largest absolute Gasteiger partial charge is 0.442 e. The average molecular weight is 279 g/mol. The van der Waals surface area contributed by atoms with Crippen molar-refractivity contribution in [1.82, 2.24) is 0 Å². The Labute approximate surface area is 106 Å². The summed E-state index contributed by atoms with van der Waals surface area (Å²) in [4.78, 5) is 0. The van der Waals surface area contributed by atoms with Crippen LogP contribution in [-0.2, 0) is 9.09 Å². The predicted octanol–water partition coefficient (Wildman–Crippen LogP) is 4.74. The predicted molar refractivity (Wildman–Crippen MR) is 70.6 cm³/mol. The van der Waals surface area contributed by atoms with Crippen LogP contribution < -0.4 is 0 Å². The highest BCUT2D eigenvalue weighted by atomic mass is 35.5. The number of halogens is 2. The third-order valence-electron chi connectivity index (χ3n) is 1.81. The van der Waals surface area contributed by atoms with Gasteiger partial charge in [0.1, 0.15) is 5.76 Å². The van der Waals surface area contributed by atoms with Gasteiger partial charge in [-0.15, -0.1) is 0 Å². The zero-order valence-corrected chi connectivity index (χ0v) is 11.7. The molecule has 0 aliphatic heterocycles. The van der Waals surface area contributed by atoms with Crippen LogP contribution in [0.25, 0.3) is 5.76 Å². The molecular formula is C11H13Cl2O2P. The topological polar surface area (TPSA) is 26.3 Å². The monoisotopic (exact) mass is 278 g/mol. The van der Waals surface area contributed by atoms with E-state index in [1.165, 1.54) is 18.9 Å². The first-order valence-electron chi connectivity index (χ1n) is 4.65. The minimum atomic E-state index is -2.65. The molecule has 0 N–H and O–H groups in total. The van der Waals surface area contributed by atoms with Gasteiger partial charge in [0.25, 0.3) is 0 Å². The first-order chi connectivity index (χ1) is 7.33. The van der Waals surface area contributed by atoms with Crippen LogP contribution in [0.5, 0.6) is 0 Å². The highest BCUT2D eigenvalue weighted by molar-refractivity contribution is 7.57. The van der Waals surface area contributed by atoms with Crippen LogP contribution >= 0.6 is 30.6 Å². The maximum Gasteiger partial charge on any atom is 0.242 e. The van der Waals surface area contributed by atoms with Gasteiger partial charge in [-0.2, -0.15) is 0 Å². The number of hydrogen-bond acceptors (Lipinski definition) is 2. The second kappa shape index (κ2) is 5.27. The first-order valence-corrected chi connectivity index (χ1v) is 7.98. The highest BCUT2D eigenvalue weighted by Gasteiger charge is 2.15. The SMILES string of the molecule is Cc1ccc(C(=CCl)OP(C)(C)=O)c(Cl)c1. The number of benzene rings is 1. The van der Waals surface area contributed by atoms with Crippen molar-refractivity contribution in [3.05, 3.63) is 39.9 Å². The lowest BCUT2D eigenvalue weighted by atomic mass is 10.1. The van der Waals surface area contributed by atoms with Crippen LogP contribution in [0.1, 0.15) is 11.1 Å². The Morgan fingerprint density at radius 2 is 2.06 bits per heavy atom. The summed E-state index contributed by atoms with van der Waals surface area (Å²) in [5.74, 6) is 0.333. The molecule has 0 spiro atoms. The van der Waals surface area contributed by atoms with E-state index in [-0.39, 0.29) is 0 Å². The molecule has 88 valence electrons. The molecular weight excluding hydrogens is 266 g/mol. The minimum Gasteiger partial charge on any atom is -0.442 e. The lowest BCUT2D eigenvalue weighted by Gasteiger charge is -2.14. The second-order valence-corrected chi connectivity index (χ2v) is 7.11.